The smallest absolute Gasteiger partial charge is 0.321 e. The number of amides is 2. The molecular weight excluding hydrogens is 356 g/mol. The van der Waals surface area contributed by atoms with E-state index < -0.39 is 0 Å². The van der Waals surface area contributed by atoms with Gasteiger partial charge in [0.25, 0.3) is 0 Å². The van der Waals surface area contributed by atoms with Crippen LogP contribution in [0.2, 0.25) is 5.02 Å². The number of nitrogens with one attached hydrogen (secondary N) is 1. The molecule has 0 aliphatic carbocycles. The van der Waals surface area contributed by atoms with Gasteiger partial charge in [-0.3, -0.25) is 0 Å². The summed E-state index contributed by atoms with van der Waals surface area (Å²) < 4.78 is 1.62. The number of aryl methyl sites for hydroxylation is 1. The lowest BCUT2D eigenvalue weighted by Gasteiger charge is -2.35. The van der Waals surface area contributed by atoms with Crippen LogP contribution in [0.4, 0.5) is 16.3 Å². The number of urea groups is 1. The summed E-state index contributed by atoms with van der Waals surface area (Å²) in [6.45, 7) is 2.50. The first-order valence-corrected chi connectivity index (χ1v) is 8.56. The highest BCUT2D eigenvalue weighted by Crippen LogP contribution is 2.21. The summed E-state index contributed by atoms with van der Waals surface area (Å²) in [4.78, 5) is 24.9. The fourth-order valence-corrected chi connectivity index (χ4v) is 3.06. The molecule has 9 nitrogen and oxygen atoms in total. The Morgan fingerprint density at radius 3 is 2.58 bits per heavy atom. The molecule has 0 bridgehead atoms. The summed E-state index contributed by atoms with van der Waals surface area (Å²) >= 11 is 5.86. The van der Waals surface area contributed by atoms with Crippen molar-refractivity contribution in [3.63, 3.8) is 0 Å². The number of aromatic nitrogens is 5. The van der Waals surface area contributed by atoms with Gasteiger partial charge in [0.1, 0.15) is 6.33 Å². The number of carbonyl (C=O) groups is 1. The molecule has 0 atom stereocenters. The number of anilines is 2. The summed E-state index contributed by atoms with van der Waals surface area (Å²) in [6.07, 6.45) is 1.51. The van der Waals surface area contributed by atoms with Gasteiger partial charge >= 0.3 is 6.03 Å². The van der Waals surface area contributed by atoms with Gasteiger partial charge in [0.2, 0.25) is 0 Å². The van der Waals surface area contributed by atoms with E-state index >= 15 is 0 Å². The Morgan fingerprint density at radius 2 is 1.85 bits per heavy atom. The number of hydrogen-bond acceptors (Lipinski definition) is 6. The number of benzene rings is 1. The van der Waals surface area contributed by atoms with Crippen LogP contribution in [-0.2, 0) is 7.05 Å². The molecular formula is C16H17ClN8O. The van der Waals surface area contributed by atoms with E-state index in [9.17, 15) is 4.79 Å². The number of rotatable bonds is 2. The van der Waals surface area contributed by atoms with Crippen LogP contribution in [0.5, 0.6) is 0 Å². The highest BCUT2D eigenvalue weighted by Gasteiger charge is 2.24. The van der Waals surface area contributed by atoms with Gasteiger partial charge in [-0.25, -0.2) is 19.4 Å². The van der Waals surface area contributed by atoms with Gasteiger partial charge in [0.05, 0.1) is 0 Å². The van der Waals surface area contributed by atoms with Crippen molar-refractivity contribution in [2.24, 2.45) is 7.05 Å². The number of halogens is 1. The SMILES string of the molecule is Cn1nnc2c(N3CCN(C(=O)Nc4ccc(Cl)cc4)CC3)ncnc21. The zero-order chi connectivity index (χ0) is 18.1. The van der Waals surface area contributed by atoms with Crippen LogP contribution in [0.15, 0.2) is 30.6 Å². The van der Waals surface area contributed by atoms with Crippen molar-refractivity contribution in [1.82, 2.24) is 29.9 Å². The van der Waals surface area contributed by atoms with Crippen LogP contribution in [0, 0.1) is 0 Å². The Bertz CT molecular complexity index is 933. The Labute approximate surface area is 154 Å². The van der Waals surface area contributed by atoms with Crippen molar-refractivity contribution < 1.29 is 4.79 Å². The summed E-state index contributed by atoms with van der Waals surface area (Å²) in [5, 5.41) is 11.7. The second-order valence-corrected chi connectivity index (χ2v) is 6.43. The topological polar surface area (TPSA) is 92.1 Å². The Kier molecular flexibility index (Phi) is 4.29. The third kappa shape index (κ3) is 3.13. The predicted molar refractivity (Wildman–Crippen MR) is 98.4 cm³/mol. The Balaban J connectivity index is 1.42. The van der Waals surface area contributed by atoms with Crippen LogP contribution in [0.1, 0.15) is 0 Å². The minimum absolute atomic E-state index is 0.126. The molecule has 4 rings (SSSR count). The number of carbonyl (C=O) groups excluding carboxylic acids is 1. The predicted octanol–water partition coefficient (Wildman–Crippen LogP) is 1.77. The molecule has 0 saturated carbocycles. The number of fused-ring (bicyclic) bond motifs is 1. The highest BCUT2D eigenvalue weighted by atomic mass is 35.5. The summed E-state index contributed by atoms with van der Waals surface area (Å²) in [7, 11) is 1.80. The Hall–Kier alpha value is -2.94. The van der Waals surface area contributed by atoms with Gasteiger partial charge in [-0.15, -0.1) is 5.10 Å². The third-order valence-electron chi connectivity index (χ3n) is 4.33. The molecule has 0 spiro atoms. The van der Waals surface area contributed by atoms with Gasteiger partial charge < -0.3 is 15.1 Å². The molecule has 1 aliphatic rings. The average molecular weight is 373 g/mol. The molecule has 0 radical (unpaired) electrons. The van der Waals surface area contributed by atoms with Crippen molar-refractivity contribution in [3.05, 3.63) is 35.6 Å². The van der Waals surface area contributed by atoms with E-state index in [1.54, 1.807) is 40.9 Å². The molecule has 10 heteroatoms. The zero-order valence-electron chi connectivity index (χ0n) is 14.1. The van der Waals surface area contributed by atoms with Crippen LogP contribution >= 0.6 is 11.6 Å². The first-order valence-electron chi connectivity index (χ1n) is 8.18. The van der Waals surface area contributed by atoms with Gasteiger partial charge in [-0.1, -0.05) is 16.8 Å². The van der Waals surface area contributed by atoms with Crippen molar-refractivity contribution in [2.75, 3.05) is 36.4 Å². The summed E-state index contributed by atoms with van der Waals surface area (Å²) in [5.41, 5.74) is 2.09. The van der Waals surface area contributed by atoms with E-state index in [1.807, 2.05) is 0 Å². The maximum absolute atomic E-state index is 12.4. The maximum Gasteiger partial charge on any atom is 0.321 e. The molecule has 2 amide bonds. The fraction of sp³-hybridized carbons (Fsp3) is 0.312. The lowest BCUT2D eigenvalue weighted by atomic mass is 10.3. The Morgan fingerprint density at radius 1 is 1.12 bits per heavy atom. The lowest BCUT2D eigenvalue weighted by Crippen LogP contribution is -2.50. The third-order valence-corrected chi connectivity index (χ3v) is 4.58. The molecule has 3 heterocycles. The summed E-state index contributed by atoms with van der Waals surface area (Å²) in [5.74, 6) is 0.751. The maximum atomic E-state index is 12.4. The van der Waals surface area contributed by atoms with E-state index in [4.69, 9.17) is 11.6 Å². The molecule has 1 N–H and O–H groups in total. The standard InChI is InChI=1S/C16H17ClN8O/c1-23-14-13(21-22-23)15(19-10-18-14)24-6-8-25(9-7-24)16(26)20-12-4-2-11(17)3-5-12/h2-5,10H,6-9H2,1H3,(H,20,26). The van der Waals surface area contributed by atoms with Crippen LogP contribution < -0.4 is 10.2 Å². The van der Waals surface area contributed by atoms with Gasteiger partial charge in [-0.2, -0.15) is 0 Å². The quantitative estimate of drug-likeness (QED) is 0.737. The van der Waals surface area contributed by atoms with Gasteiger partial charge in [0.15, 0.2) is 17.0 Å². The molecule has 2 aromatic heterocycles. The van der Waals surface area contributed by atoms with Crippen molar-refractivity contribution in [1.29, 1.82) is 0 Å². The zero-order valence-corrected chi connectivity index (χ0v) is 14.9. The highest BCUT2D eigenvalue weighted by molar-refractivity contribution is 6.30. The summed E-state index contributed by atoms with van der Waals surface area (Å²) in [6, 6.07) is 6.93. The minimum Gasteiger partial charge on any atom is -0.351 e. The minimum atomic E-state index is -0.126. The van der Waals surface area contributed by atoms with Crippen LogP contribution in [-0.4, -0.2) is 62.1 Å². The number of nitrogens with zero attached hydrogens (tertiary/aromatic N) is 7. The van der Waals surface area contributed by atoms with Crippen molar-refractivity contribution in [3.8, 4) is 0 Å². The largest absolute Gasteiger partial charge is 0.351 e. The monoisotopic (exact) mass is 372 g/mol. The van der Waals surface area contributed by atoms with Crippen LogP contribution in [0.25, 0.3) is 11.2 Å². The molecule has 1 aromatic carbocycles. The second-order valence-electron chi connectivity index (χ2n) is 5.99. The molecule has 3 aromatic rings. The van der Waals surface area contributed by atoms with Crippen molar-refractivity contribution in [2.45, 2.75) is 0 Å². The first-order chi connectivity index (χ1) is 12.6. The first kappa shape index (κ1) is 16.5. The number of piperazine rings is 1. The van der Waals surface area contributed by atoms with Crippen molar-refractivity contribution >= 4 is 40.3 Å². The molecule has 26 heavy (non-hydrogen) atoms. The molecule has 1 aliphatic heterocycles. The molecule has 1 saturated heterocycles. The molecule has 1 fully saturated rings. The molecule has 0 unspecified atom stereocenters. The second kappa shape index (κ2) is 6.75. The van der Waals surface area contributed by atoms with Gasteiger partial charge in [-0.05, 0) is 24.3 Å². The van der Waals surface area contributed by atoms with E-state index in [0.717, 1.165) is 11.5 Å². The van der Waals surface area contributed by atoms with E-state index in [1.165, 1.54) is 6.33 Å². The van der Waals surface area contributed by atoms with E-state index in [2.05, 4.69) is 30.5 Å². The lowest BCUT2D eigenvalue weighted by molar-refractivity contribution is 0.208. The number of hydrogen-bond donors (Lipinski definition) is 1. The molecule has 134 valence electrons. The van der Waals surface area contributed by atoms with Gasteiger partial charge in [0, 0.05) is 43.9 Å². The van der Waals surface area contributed by atoms with Crippen LogP contribution in [0.3, 0.4) is 0 Å². The normalized spacial score (nSPS) is 14.7. The average Bonchev–Trinajstić information content (AvgIpc) is 3.05. The van der Waals surface area contributed by atoms with E-state index in [0.29, 0.717) is 42.4 Å². The fourth-order valence-electron chi connectivity index (χ4n) is 2.93. The van der Waals surface area contributed by atoms with E-state index in [-0.39, 0.29) is 6.03 Å².